The second-order valence-electron chi connectivity index (χ2n) is 6.53. The van der Waals surface area contributed by atoms with Gasteiger partial charge in [0.25, 0.3) is 0 Å². The van der Waals surface area contributed by atoms with Crippen molar-refractivity contribution in [3.63, 3.8) is 0 Å². The minimum Gasteiger partial charge on any atom is -0.314 e. The average molecular weight is 251 g/mol. The molecule has 0 aromatic carbocycles. The lowest BCUT2D eigenvalue weighted by Crippen LogP contribution is -2.61. The normalized spacial score (nSPS) is 43.0. The molecule has 0 radical (unpaired) electrons. The van der Waals surface area contributed by atoms with E-state index in [1.54, 1.807) is 0 Å². The third-order valence-corrected chi connectivity index (χ3v) is 5.65. The molecule has 0 aliphatic carbocycles. The molecule has 3 fully saturated rings. The van der Waals surface area contributed by atoms with E-state index >= 15 is 0 Å². The van der Waals surface area contributed by atoms with Gasteiger partial charge in [-0.15, -0.1) is 0 Å². The molecule has 3 unspecified atom stereocenters. The highest BCUT2D eigenvalue weighted by Gasteiger charge is 2.39. The molecular weight excluding hydrogens is 222 g/mol. The molecule has 2 bridgehead atoms. The van der Waals surface area contributed by atoms with Crippen LogP contribution in [0.2, 0.25) is 0 Å². The second kappa shape index (κ2) is 5.48. The maximum atomic E-state index is 3.56. The lowest BCUT2D eigenvalue weighted by atomic mass is 9.81. The Hall–Kier alpha value is -0.120. The Kier molecular flexibility index (Phi) is 3.92. The Morgan fingerprint density at radius 3 is 2.50 bits per heavy atom. The topological polar surface area (TPSA) is 18.5 Å². The largest absolute Gasteiger partial charge is 0.314 e. The summed E-state index contributed by atoms with van der Waals surface area (Å²) in [5.74, 6) is 0. The number of piperazine rings is 1. The predicted octanol–water partition coefficient (Wildman–Crippen LogP) is 1.69. The number of rotatable bonds is 2. The van der Waals surface area contributed by atoms with Crippen molar-refractivity contribution >= 4 is 0 Å². The van der Waals surface area contributed by atoms with E-state index in [0.29, 0.717) is 0 Å². The maximum absolute atomic E-state index is 3.56. The molecule has 0 aromatic rings. The zero-order chi connectivity index (χ0) is 12.5. The van der Waals surface area contributed by atoms with Crippen LogP contribution in [0.4, 0.5) is 0 Å². The number of hydrogen-bond acceptors (Lipinski definition) is 3. The van der Waals surface area contributed by atoms with Crippen LogP contribution in [-0.2, 0) is 0 Å². The average Bonchev–Trinajstić information content (AvgIpc) is 2.38. The molecule has 3 atom stereocenters. The van der Waals surface area contributed by atoms with Crippen molar-refractivity contribution in [2.24, 2.45) is 0 Å². The lowest BCUT2D eigenvalue weighted by molar-refractivity contribution is -0.0123. The molecular formula is C15H29N3. The molecule has 3 saturated heterocycles. The van der Waals surface area contributed by atoms with Crippen molar-refractivity contribution in [1.29, 1.82) is 0 Å². The number of hydrogen-bond donors (Lipinski definition) is 1. The zero-order valence-electron chi connectivity index (χ0n) is 12.1. The molecule has 0 amide bonds. The van der Waals surface area contributed by atoms with Gasteiger partial charge >= 0.3 is 0 Å². The quantitative estimate of drug-likeness (QED) is 0.806. The van der Waals surface area contributed by atoms with Crippen LogP contribution in [0.25, 0.3) is 0 Å². The minimum absolute atomic E-state index is 0.785. The van der Waals surface area contributed by atoms with Crippen molar-refractivity contribution in [2.75, 3.05) is 26.7 Å². The number of nitrogens with zero attached hydrogens (tertiary/aromatic N) is 2. The first-order valence-corrected chi connectivity index (χ1v) is 7.98. The summed E-state index contributed by atoms with van der Waals surface area (Å²) >= 11 is 0. The smallest absolute Gasteiger partial charge is 0.0221 e. The minimum atomic E-state index is 0.785. The van der Waals surface area contributed by atoms with Gasteiger partial charge in [-0.2, -0.15) is 0 Å². The number of fused-ring (bicyclic) bond motifs is 2. The van der Waals surface area contributed by atoms with Crippen molar-refractivity contribution in [3.8, 4) is 0 Å². The Morgan fingerprint density at radius 1 is 1.11 bits per heavy atom. The summed E-state index contributed by atoms with van der Waals surface area (Å²) in [5, 5.41) is 3.56. The highest BCUT2D eigenvalue weighted by Crippen LogP contribution is 2.35. The fourth-order valence-electron chi connectivity index (χ4n) is 4.49. The summed E-state index contributed by atoms with van der Waals surface area (Å²) < 4.78 is 0. The third kappa shape index (κ3) is 2.33. The van der Waals surface area contributed by atoms with E-state index < -0.39 is 0 Å². The van der Waals surface area contributed by atoms with E-state index in [-0.39, 0.29) is 0 Å². The SMILES string of the molecule is CCC1CNCCN1C1CC2CCCC(C1)N2C. The standard InChI is InChI=1S/C15H29N3/c1-3-12-11-16-7-8-18(12)15-9-13-5-4-6-14(10-15)17(13)2/h12-16H,3-11H2,1-2H3. The van der Waals surface area contributed by atoms with Crippen molar-refractivity contribution in [2.45, 2.75) is 69.6 Å². The highest BCUT2D eigenvalue weighted by molar-refractivity contribution is 4.96. The first-order valence-electron chi connectivity index (χ1n) is 7.98. The van der Waals surface area contributed by atoms with Gasteiger partial charge in [0.2, 0.25) is 0 Å². The van der Waals surface area contributed by atoms with E-state index in [1.165, 1.54) is 58.2 Å². The summed E-state index contributed by atoms with van der Waals surface area (Å²) in [6, 6.07) is 3.39. The molecule has 3 aliphatic rings. The lowest BCUT2D eigenvalue weighted by Gasteiger charge is -2.52. The Balaban J connectivity index is 1.69. The molecule has 3 nitrogen and oxygen atoms in total. The Labute approximate surface area is 112 Å². The molecule has 3 aliphatic heterocycles. The molecule has 18 heavy (non-hydrogen) atoms. The summed E-state index contributed by atoms with van der Waals surface area (Å²) in [6.07, 6.45) is 8.48. The maximum Gasteiger partial charge on any atom is 0.0221 e. The Bertz CT molecular complexity index is 267. The van der Waals surface area contributed by atoms with Gasteiger partial charge < -0.3 is 10.2 Å². The molecule has 0 saturated carbocycles. The number of piperidine rings is 2. The van der Waals surface area contributed by atoms with E-state index in [0.717, 1.165) is 24.2 Å². The van der Waals surface area contributed by atoms with Gasteiger partial charge in [0.15, 0.2) is 0 Å². The molecule has 3 rings (SSSR count). The predicted molar refractivity (Wildman–Crippen MR) is 75.9 cm³/mol. The first-order chi connectivity index (χ1) is 8.79. The molecule has 0 spiro atoms. The van der Waals surface area contributed by atoms with Crippen molar-refractivity contribution in [1.82, 2.24) is 15.1 Å². The van der Waals surface area contributed by atoms with Crippen LogP contribution in [0, 0.1) is 0 Å². The van der Waals surface area contributed by atoms with E-state index in [2.05, 4.69) is 29.1 Å². The van der Waals surface area contributed by atoms with Gasteiger partial charge in [0.05, 0.1) is 0 Å². The van der Waals surface area contributed by atoms with Crippen LogP contribution in [0.1, 0.15) is 45.4 Å². The summed E-state index contributed by atoms with van der Waals surface area (Å²) in [4.78, 5) is 5.53. The fraction of sp³-hybridized carbons (Fsp3) is 1.00. The highest BCUT2D eigenvalue weighted by atomic mass is 15.3. The molecule has 104 valence electrons. The van der Waals surface area contributed by atoms with E-state index in [4.69, 9.17) is 0 Å². The third-order valence-electron chi connectivity index (χ3n) is 5.65. The van der Waals surface area contributed by atoms with Gasteiger partial charge in [-0.25, -0.2) is 0 Å². The molecule has 3 heterocycles. The molecule has 0 aromatic heterocycles. The zero-order valence-corrected chi connectivity index (χ0v) is 12.1. The van der Waals surface area contributed by atoms with Crippen molar-refractivity contribution in [3.05, 3.63) is 0 Å². The molecule has 1 N–H and O–H groups in total. The fourth-order valence-corrected chi connectivity index (χ4v) is 4.49. The summed E-state index contributed by atoms with van der Waals surface area (Å²) in [6.45, 7) is 6.02. The van der Waals surface area contributed by atoms with E-state index in [9.17, 15) is 0 Å². The summed E-state index contributed by atoms with van der Waals surface area (Å²) in [7, 11) is 2.36. The van der Waals surface area contributed by atoms with Crippen LogP contribution >= 0.6 is 0 Å². The van der Waals surface area contributed by atoms with Crippen LogP contribution in [0.3, 0.4) is 0 Å². The van der Waals surface area contributed by atoms with Gasteiger partial charge in [-0.3, -0.25) is 4.90 Å². The Morgan fingerprint density at radius 2 is 1.83 bits per heavy atom. The van der Waals surface area contributed by atoms with Gasteiger partial charge in [-0.1, -0.05) is 13.3 Å². The van der Waals surface area contributed by atoms with Crippen LogP contribution < -0.4 is 5.32 Å². The van der Waals surface area contributed by atoms with Crippen LogP contribution in [0.15, 0.2) is 0 Å². The van der Waals surface area contributed by atoms with Crippen LogP contribution in [0.5, 0.6) is 0 Å². The number of nitrogens with one attached hydrogen (secondary N) is 1. The summed E-state index contributed by atoms with van der Waals surface area (Å²) in [5.41, 5.74) is 0. The monoisotopic (exact) mass is 251 g/mol. The van der Waals surface area contributed by atoms with E-state index in [1.807, 2.05) is 0 Å². The van der Waals surface area contributed by atoms with Gasteiger partial charge in [0, 0.05) is 43.8 Å². The first kappa shape index (κ1) is 12.9. The van der Waals surface area contributed by atoms with Crippen molar-refractivity contribution < 1.29 is 0 Å². The second-order valence-corrected chi connectivity index (χ2v) is 6.53. The van der Waals surface area contributed by atoms with Crippen LogP contribution in [-0.4, -0.2) is 60.6 Å². The molecule has 3 heteroatoms. The van der Waals surface area contributed by atoms with Gasteiger partial charge in [-0.05, 0) is 39.2 Å². The van der Waals surface area contributed by atoms with Gasteiger partial charge in [0.1, 0.15) is 0 Å².